The van der Waals surface area contributed by atoms with E-state index >= 15 is 0 Å². The molecule has 0 unspecified atom stereocenters. The minimum Gasteiger partial charge on any atom is -0.496 e. The fraction of sp³-hybridized carbons (Fsp3) is 0.381. The third-order valence-electron chi connectivity index (χ3n) is 6.12. The van der Waals surface area contributed by atoms with Gasteiger partial charge in [0.15, 0.2) is 5.69 Å². The number of aromatic nitrogens is 5. The normalized spacial score (nSPS) is 21.9. The number of carbonyl (C=O) groups is 1. The van der Waals surface area contributed by atoms with Crippen LogP contribution in [0.1, 0.15) is 35.3 Å². The Morgan fingerprint density at radius 2 is 1.94 bits per heavy atom. The van der Waals surface area contributed by atoms with Gasteiger partial charge in [0.05, 0.1) is 44.0 Å². The van der Waals surface area contributed by atoms with Crippen LogP contribution in [0.2, 0.25) is 0 Å². The minimum atomic E-state index is -4.54. The highest BCUT2D eigenvalue weighted by atomic mass is 19.4. The maximum Gasteiger partial charge on any atom is 0.434 e. The van der Waals surface area contributed by atoms with E-state index in [1.807, 2.05) is 4.90 Å². The first-order valence-electron chi connectivity index (χ1n) is 10.4. The van der Waals surface area contributed by atoms with Gasteiger partial charge in [-0.1, -0.05) is 6.07 Å². The molecule has 12 heteroatoms. The summed E-state index contributed by atoms with van der Waals surface area (Å²) in [6.45, 7) is 0. The fourth-order valence-electron chi connectivity index (χ4n) is 4.74. The SMILES string of the molecule is COc1cccc(-n2nccn2)c1C(=O)N1[C@@H]2CC[C@H]1[C@H](Nc1cnc(C(F)(F)F)cn1)C2. The number of amides is 1. The van der Waals surface area contributed by atoms with Gasteiger partial charge in [-0.15, -0.1) is 0 Å². The van der Waals surface area contributed by atoms with Crippen molar-refractivity contribution in [1.82, 2.24) is 29.9 Å². The van der Waals surface area contributed by atoms with Gasteiger partial charge in [-0.2, -0.15) is 28.2 Å². The summed E-state index contributed by atoms with van der Waals surface area (Å²) in [7, 11) is 1.50. The van der Waals surface area contributed by atoms with E-state index < -0.39 is 11.9 Å². The molecule has 2 aliphatic heterocycles. The zero-order chi connectivity index (χ0) is 23.2. The molecular weight excluding hydrogens is 439 g/mol. The lowest BCUT2D eigenvalue weighted by atomic mass is 9.95. The lowest BCUT2D eigenvalue weighted by Gasteiger charge is -2.26. The number of methoxy groups -OCH3 is 1. The number of nitrogens with one attached hydrogen (secondary N) is 1. The number of rotatable bonds is 5. The van der Waals surface area contributed by atoms with E-state index in [4.69, 9.17) is 4.74 Å². The number of fused-ring (bicyclic) bond motifs is 2. The van der Waals surface area contributed by atoms with Crippen molar-refractivity contribution < 1.29 is 22.7 Å². The van der Waals surface area contributed by atoms with Crippen molar-refractivity contribution in [2.75, 3.05) is 12.4 Å². The first-order valence-corrected chi connectivity index (χ1v) is 10.4. The standard InChI is InChI=1S/C21H20F3N7O2/c1-33-16-4-2-3-15(31-27-7-8-28-31)19(16)20(32)30-12-5-6-14(30)13(9-12)29-18-11-25-17(10-26-18)21(22,23)24/h2-4,7-8,10-14H,5-6,9H2,1H3,(H,26,29)/t12-,13-,14+/m1/s1. The average molecular weight is 459 g/mol. The number of nitrogens with zero attached hydrogens (tertiary/aromatic N) is 6. The Bertz CT molecular complexity index is 1150. The van der Waals surface area contributed by atoms with E-state index in [1.165, 1.54) is 24.3 Å². The molecule has 3 aromatic rings. The summed E-state index contributed by atoms with van der Waals surface area (Å²) in [5.74, 6) is 0.459. The first kappa shape index (κ1) is 21.2. The molecule has 172 valence electrons. The Balaban J connectivity index is 1.40. The van der Waals surface area contributed by atoms with Gasteiger partial charge in [-0.25, -0.2) is 9.97 Å². The second-order valence-corrected chi connectivity index (χ2v) is 7.96. The van der Waals surface area contributed by atoms with Gasteiger partial charge in [0, 0.05) is 6.04 Å². The van der Waals surface area contributed by atoms with Crippen LogP contribution >= 0.6 is 0 Å². The topological polar surface area (TPSA) is 98.1 Å². The van der Waals surface area contributed by atoms with Crippen molar-refractivity contribution >= 4 is 11.7 Å². The molecule has 2 fully saturated rings. The Morgan fingerprint density at radius 3 is 2.61 bits per heavy atom. The molecule has 0 radical (unpaired) electrons. The van der Waals surface area contributed by atoms with Gasteiger partial charge in [0.2, 0.25) is 0 Å². The summed E-state index contributed by atoms with van der Waals surface area (Å²) in [5.41, 5.74) is -0.175. The number of halogens is 3. The molecule has 2 saturated heterocycles. The van der Waals surface area contributed by atoms with E-state index in [0.29, 0.717) is 29.6 Å². The second kappa shape index (κ2) is 8.01. The van der Waals surface area contributed by atoms with Gasteiger partial charge < -0.3 is 15.0 Å². The molecule has 3 atom stereocenters. The molecule has 0 saturated carbocycles. The quantitative estimate of drug-likeness (QED) is 0.627. The highest BCUT2D eigenvalue weighted by Crippen LogP contribution is 2.41. The summed E-state index contributed by atoms with van der Waals surface area (Å²) in [4.78, 5) is 24.3. The number of ether oxygens (including phenoxy) is 1. The molecule has 1 aromatic carbocycles. The number of anilines is 1. The van der Waals surface area contributed by atoms with E-state index in [-0.39, 0.29) is 29.9 Å². The lowest BCUT2D eigenvalue weighted by Crippen LogP contribution is -2.40. The molecule has 1 amide bonds. The zero-order valence-electron chi connectivity index (χ0n) is 17.5. The lowest BCUT2D eigenvalue weighted by molar-refractivity contribution is -0.141. The molecule has 1 N–H and O–H groups in total. The summed E-state index contributed by atoms with van der Waals surface area (Å²) in [5, 5.41) is 11.5. The van der Waals surface area contributed by atoms with E-state index in [0.717, 1.165) is 19.0 Å². The highest BCUT2D eigenvalue weighted by molar-refractivity contribution is 6.01. The smallest absolute Gasteiger partial charge is 0.434 e. The summed E-state index contributed by atoms with van der Waals surface area (Å²) in [6, 6.07) is 4.92. The fourth-order valence-corrected chi connectivity index (χ4v) is 4.74. The maximum absolute atomic E-state index is 13.8. The molecule has 9 nitrogen and oxygen atoms in total. The van der Waals surface area contributed by atoms with Gasteiger partial charge in [0.1, 0.15) is 22.8 Å². The van der Waals surface area contributed by atoms with Crippen molar-refractivity contribution in [1.29, 1.82) is 0 Å². The van der Waals surface area contributed by atoms with Crippen LogP contribution in [0.5, 0.6) is 5.75 Å². The number of hydrogen-bond acceptors (Lipinski definition) is 7. The third kappa shape index (κ3) is 3.74. The van der Waals surface area contributed by atoms with Crippen LogP contribution < -0.4 is 10.1 Å². The van der Waals surface area contributed by atoms with Gasteiger partial charge >= 0.3 is 6.18 Å². The Kier molecular flexibility index (Phi) is 5.14. The number of carbonyl (C=O) groups excluding carboxylic acids is 1. The van der Waals surface area contributed by atoms with Crippen molar-refractivity contribution in [3.8, 4) is 11.4 Å². The largest absolute Gasteiger partial charge is 0.496 e. The number of benzene rings is 1. The predicted molar refractivity (Wildman–Crippen MR) is 110 cm³/mol. The van der Waals surface area contributed by atoms with Crippen LogP contribution in [0.15, 0.2) is 43.0 Å². The zero-order valence-corrected chi connectivity index (χ0v) is 17.5. The summed E-state index contributed by atoms with van der Waals surface area (Å²) >= 11 is 0. The Labute approximate surface area is 186 Å². The molecule has 33 heavy (non-hydrogen) atoms. The maximum atomic E-state index is 13.8. The van der Waals surface area contributed by atoms with Crippen molar-refractivity contribution in [2.45, 2.75) is 43.6 Å². The van der Waals surface area contributed by atoms with Crippen molar-refractivity contribution in [3.05, 3.63) is 54.2 Å². The molecule has 0 aliphatic carbocycles. The van der Waals surface area contributed by atoms with Gasteiger partial charge in [-0.05, 0) is 31.4 Å². The van der Waals surface area contributed by atoms with Gasteiger partial charge in [-0.3, -0.25) is 4.79 Å². The predicted octanol–water partition coefficient (Wildman–Crippen LogP) is 2.94. The van der Waals surface area contributed by atoms with Crippen LogP contribution in [0, 0.1) is 0 Å². The molecule has 5 rings (SSSR count). The number of hydrogen-bond donors (Lipinski definition) is 1. The van der Waals surface area contributed by atoms with Crippen LogP contribution in [-0.2, 0) is 6.18 Å². The van der Waals surface area contributed by atoms with Crippen molar-refractivity contribution in [3.63, 3.8) is 0 Å². The molecule has 4 heterocycles. The van der Waals surface area contributed by atoms with Crippen LogP contribution in [0.3, 0.4) is 0 Å². The highest BCUT2D eigenvalue weighted by Gasteiger charge is 2.49. The van der Waals surface area contributed by atoms with E-state index in [9.17, 15) is 18.0 Å². The Morgan fingerprint density at radius 1 is 1.15 bits per heavy atom. The minimum absolute atomic E-state index is 0.00856. The first-order chi connectivity index (χ1) is 15.9. The number of alkyl halides is 3. The Hall–Kier alpha value is -3.70. The second-order valence-electron chi connectivity index (χ2n) is 7.96. The van der Waals surface area contributed by atoms with Crippen LogP contribution in [0.4, 0.5) is 19.0 Å². The summed E-state index contributed by atoms with van der Waals surface area (Å²) in [6.07, 6.45) is 2.56. The van der Waals surface area contributed by atoms with Crippen molar-refractivity contribution in [2.24, 2.45) is 0 Å². The molecular formula is C21H20F3N7O2. The molecule has 2 bridgehead atoms. The molecule has 2 aromatic heterocycles. The monoisotopic (exact) mass is 459 g/mol. The summed E-state index contributed by atoms with van der Waals surface area (Å²) < 4.78 is 43.7. The van der Waals surface area contributed by atoms with Crippen LogP contribution in [-0.4, -0.2) is 61.0 Å². The molecule has 0 spiro atoms. The van der Waals surface area contributed by atoms with Crippen LogP contribution in [0.25, 0.3) is 5.69 Å². The van der Waals surface area contributed by atoms with E-state index in [2.05, 4.69) is 25.5 Å². The van der Waals surface area contributed by atoms with Gasteiger partial charge in [0.25, 0.3) is 5.91 Å². The molecule has 2 aliphatic rings. The van der Waals surface area contributed by atoms with E-state index in [1.54, 1.807) is 18.2 Å². The average Bonchev–Trinajstić information content (AvgIpc) is 3.54. The third-order valence-corrected chi connectivity index (χ3v) is 6.12.